The van der Waals surface area contributed by atoms with E-state index in [4.69, 9.17) is 0 Å². The molecule has 2 nitrogen and oxygen atoms in total. The van der Waals surface area contributed by atoms with Gasteiger partial charge in [0, 0.05) is 18.0 Å². The topological polar surface area (TPSA) is 20.3 Å². The van der Waals surface area contributed by atoms with E-state index < -0.39 is 0 Å². The van der Waals surface area contributed by atoms with Crippen LogP contribution in [0.25, 0.3) is 0 Å². The molecular formula is C15H29NO. The predicted molar refractivity (Wildman–Crippen MR) is 72.8 cm³/mol. The fourth-order valence-electron chi connectivity index (χ4n) is 3.16. The van der Waals surface area contributed by atoms with Gasteiger partial charge in [-0.05, 0) is 44.9 Å². The molecule has 1 amide bonds. The molecule has 17 heavy (non-hydrogen) atoms. The Morgan fingerprint density at radius 1 is 1.29 bits per heavy atom. The summed E-state index contributed by atoms with van der Waals surface area (Å²) in [4.78, 5) is 14.8. The molecular weight excluding hydrogens is 210 g/mol. The maximum Gasteiger partial charge on any atom is 0.226 e. The van der Waals surface area contributed by atoms with E-state index in [0.29, 0.717) is 29.8 Å². The van der Waals surface area contributed by atoms with E-state index in [0.717, 1.165) is 19.3 Å². The lowest BCUT2D eigenvalue weighted by molar-refractivity contribution is -0.138. The molecule has 0 bridgehead atoms. The monoisotopic (exact) mass is 239 g/mol. The summed E-state index contributed by atoms with van der Waals surface area (Å²) >= 11 is 0. The van der Waals surface area contributed by atoms with E-state index >= 15 is 0 Å². The van der Waals surface area contributed by atoms with Crippen molar-refractivity contribution < 1.29 is 4.79 Å². The summed E-state index contributed by atoms with van der Waals surface area (Å²) in [5.74, 6) is 1.87. The van der Waals surface area contributed by atoms with Crippen LogP contribution >= 0.6 is 0 Å². The third kappa shape index (κ3) is 3.23. The average Bonchev–Trinajstić information content (AvgIpc) is 2.48. The van der Waals surface area contributed by atoms with E-state index in [-0.39, 0.29) is 5.92 Å². The Hall–Kier alpha value is -0.530. The molecule has 0 aromatic rings. The SMILES string of the molecule is CCC(CC(C)C)C(=O)N1C(C)C(C)C[C@H]1C. The zero-order chi connectivity index (χ0) is 13.2. The van der Waals surface area contributed by atoms with Crippen molar-refractivity contribution in [3.63, 3.8) is 0 Å². The van der Waals surface area contributed by atoms with Crippen LogP contribution in [-0.4, -0.2) is 22.9 Å². The van der Waals surface area contributed by atoms with Gasteiger partial charge in [-0.25, -0.2) is 0 Å². The number of carbonyl (C=O) groups excluding carboxylic acids is 1. The van der Waals surface area contributed by atoms with Gasteiger partial charge in [-0.3, -0.25) is 4.79 Å². The maximum absolute atomic E-state index is 12.6. The summed E-state index contributed by atoms with van der Waals surface area (Å²) in [5.41, 5.74) is 0. The lowest BCUT2D eigenvalue weighted by atomic mass is 9.93. The van der Waals surface area contributed by atoms with Crippen LogP contribution in [-0.2, 0) is 4.79 Å². The summed E-state index contributed by atoms with van der Waals surface area (Å²) in [6.45, 7) is 13.2. The molecule has 1 aliphatic heterocycles. The van der Waals surface area contributed by atoms with Crippen LogP contribution in [0.15, 0.2) is 0 Å². The van der Waals surface area contributed by atoms with Crippen LogP contribution in [0.3, 0.4) is 0 Å². The third-order valence-electron chi connectivity index (χ3n) is 4.30. The van der Waals surface area contributed by atoms with Crippen molar-refractivity contribution in [1.82, 2.24) is 4.90 Å². The van der Waals surface area contributed by atoms with Gasteiger partial charge in [0.15, 0.2) is 0 Å². The van der Waals surface area contributed by atoms with Crippen LogP contribution < -0.4 is 0 Å². The minimum Gasteiger partial charge on any atom is -0.337 e. The number of hydrogen-bond acceptors (Lipinski definition) is 1. The Bertz CT molecular complexity index is 262. The van der Waals surface area contributed by atoms with Gasteiger partial charge in [-0.1, -0.05) is 27.7 Å². The standard InChI is InChI=1S/C15H29NO/c1-7-14(8-10(2)3)15(17)16-12(5)9-11(4)13(16)6/h10-14H,7-9H2,1-6H3/t11?,12-,13?,14?/m1/s1. The van der Waals surface area contributed by atoms with E-state index in [1.165, 1.54) is 0 Å². The molecule has 2 heteroatoms. The van der Waals surface area contributed by atoms with Gasteiger partial charge in [-0.15, -0.1) is 0 Å². The second kappa shape index (κ2) is 5.88. The van der Waals surface area contributed by atoms with Gasteiger partial charge in [0.05, 0.1) is 0 Å². The highest BCUT2D eigenvalue weighted by molar-refractivity contribution is 5.79. The Morgan fingerprint density at radius 2 is 1.88 bits per heavy atom. The van der Waals surface area contributed by atoms with Crippen LogP contribution in [0.4, 0.5) is 0 Å². The number of amides is 1. The number of hydrogen-bond donors (Lipinski definition) is 0. The molecule has 1 fully saturated rings. The van der Waals surface area contributed by atoms with E-state index in [1.807, 2.05) is 0 Å². The van der Waals surface area contributed by atoms with E-state index in [9.17, 15) is 4.79 Å². The highest BCUT2D eigenvalue weighted by Crippen LogP contribution is 2.32. The van der Waals surface area contributed by atoms with Gasteiger partial charge in [0.2, 0.25) is 5.91 Å². The van der Waals surface area contributed by atoms with Crippen molar-refractivity contribution in [1.29, 1.82) is 0 Å². The van der Waals surface area contributed by atoms with Crippen molar-refractivity contribution in [3.8, 4) is 0 Å². The average molecular weight is 239 g/mol. The molecule has 1 rings (SSSR count). The molecule has 100 valence electrons. The summed E-state index contributed by atoms with van der Waals surface area (Å²) < 4.78 is 0. The summed E-state index contributed by atoms with van der Waals surface area (Å²) in [7, 11) is 0. The van der Waals surface area contributed by atoms with Crippen LogP contribution in [0.2, 0.25) is 0 Å². The first-order chi connectivity index (χ1) is 7.88. The van der Waals surface area contributed by atoms with E-state index in [2.05, 4.69) is 46.4 Å². The van der Waals surface area contributed by atoms with Crippen molar-refractivity contribution in [3.05, 3.63) is 0 Å². The number of nitrogens with zero attached hydrogens (tertiary/aromatic N) is 1. The largest absolute Gasteiger partial charge is 0.337 e. The molecule has 4 atom stereocenters. The molecule has 0 saturated carbocycles. The minimum atomic E-state index is 0.227. The molecule has 0 N–H and O–H groups in total. The molecule has 0 aromatic heterocycles. The molecule has 0 radical (unpaired) electrons. The van der Waals surface area contributed by atoms with E-state index in [1.54, 1.807) is 0 Å². The Labute approximate surface area is 107 Å². The summed E-state index contributed by atoms with van der Waals surface area (Å²) in [6, 6.07) is 0.840. The smallest absolute Gasteiger partial charge is 0.226 e. The van der Waals surface area contributed by atoms with Crippen molar-refractivity contribution in [2.45, 2.75) is 72.9 Å². The lowest BCUT2D eigenvalue weighted by Crippen LogP contribution is -2.43. The Morgan fingerprint density at radius 3 is 2.24 bits per heavy atom. The Balaban J connectivity index is 2.73. The van der Waals surface area contributed by atoms with Crippen LogP contribution in [0, 0.1) is 17.8 Å². The van der Waals surface area contributed by atoms with Crippen molar-refractivity contribution >= 4 is 5.91 Å². The van der Waals surface area contributed by atoms with Gasteiger partial charge in [-0.2, -0.15) is 0 Å². The van der Waals surface area contributed by atoms with Crippen molar-refractivity contribution in [2.75, 3.05) is 0 Å². The number of carbonyl (C=O) groups is 1. The highest BCUT2D eigenvalue weighted by atomic mass is 16.2. The zero-order valence-electron chi connectivity index (χ0n) is 12.4. The molecule has 1 aliphatic rings. The highest BCUT2D eigenvalue weighted by Gasteiger charge is 2.38. The van der Waals surface area contributed by atoms with Gasteiger partial charge < -0.3 is 4.90 Å². The molecule has 3 unspecified atom stereocenters. The van der Waals surface area contributed by atoms with Crippen LogP contribution in [0.1, 0.15) is 60.8 Å². The number of likely N-dealkylation sites (tertiary alicyclic amines) is 1. The maximum atomic E-state index is 12.6. The number of rotatable bonds is 4. The molecule has 0 spiro atoms. The molecule has 0 aliphatic carbocycles. The van der Waals surface area contributed by atoms with Gasteiger partial charge >= 0.3 is 0 Å². The summed E-state index contributed by atoms with van der Waals surface area (Å²) in [5, 5.41) is 0. The Kier molecular flexibility index (Phi) is 5.03. The van der Waals surface area contributed by atoms with Crippen molar-refractivity contribution in [2.24, 2.45) is 17.8 Å². The predicted octanol–water partition coefficient (Wildman–Crippen LogP) is 3.70. The quantitative estimate of drug-likeness (QED) is 0.732. The lowest BCUT2D eigenvalue weighted by Gasteiger charge is -2.31. The van der Waals surface area contributed by atoms with Crippen LogP contribution in [0.5, 0.6) is 0 Å². The third-order valence-corrected chi connectivity index (χ3v) is 4.30. The molecule has 1 saturated heterocycles. The fourth-order valence-corrected chi connectivity index (χ4v) is 3.16. The first-order valence-electron chi connectivity index (χ1n) is 7.20. The molecule has 1 heterocycles. The first kappa shape index (κ1) is 14.5. The summed E-state index contributed by atoms with van der Waals surface area (Å²) in [6.07, 6.45) is 3.16. The fraction of sp³-hybridized carbons (Fsp3) is 0.933. The van der Waals surface area contributed by atoms with Gasteiger partial charge in [0.1, 0.15) is 0 Å². The normalized spacial score (nSPS) is 31.0. The van der Waals surface area contributed by atoms with Gasteiger partial charge in [0.25, 0.3) is 0 Å². The second-order valence-corrected chi connectivity index (χ2v) is 6.28. The second-order valence-electron chi connectivity index (χ2n) is 6.28. The minimum absolute atomic E-state index is 0.227. The molecule has 0 aromatic carbocycles. The zero-order valence-corrected chi connectivity index (χ0v) is 12.4. The first-order valence-corrected chi connectivity index (χ1v) is 7.20.